The molecule has 0 spiro atoms. The standard InChI is InChI=1S/C15H11F3O4/c1-21-13-8-9(14(19)20)6-7-11(13)10-4-2-3-5-12(10)22-15(16,17)18/h2-8H,1H3,(H,19,20). The maximum Gasteiger partial charge on any atom is 0.573 e. The summed E-state index contributed by atoms with van der Waals surface area (Å²) >= 11 is 0. The Morgan fingerprint density at radius 1 is 1.05 bits per heavy atom. The Labute approximate surface area is 123 Å². The zero-order valence-corrected chi connectivity index (χ0v) is 11.3. The van der Waals surface area contributed by atoms with Crippen molar-refractivity contribution >= 4 is 5.97 Å². The van der Waals surface area contributed by atoms with E-state index in [1.165, 1.54) is 43.5 Å². The van der Waals surface area contributed by atoms with Crippen molar-refractivity contribution in [2.45, 2.75) is 6.36 Å². The van der Waals surface area contributed by atoms with Crippen LogP contribution in [0.2, 0.25) is 0 Å². The van der Waals surface area contributed by atoms with Gasteiger partial charge in [0.15, 0.2) is 0 Å². The molecule has 116 valence electrons. The Morgan fingerprint density at radius 2 is 1.68 bits per heavy atom. The average molecular weight is 312 g/mol. The molecule has 7 heteroatoms. The minimum Gasteiger partial charge on any atom is -0.496 e. The number of para-hydroxylation sites is 1. The highest BCUT2D eigenvalue weighted by Gasteiger charge is 2.32. The SMILES string of the molecule is COc1cc(C(=O)O)ccc1-c1ccccc1OC(F)(F)F. The van der Waals surface area contributed by atoms with Crippen molar-refractivity contribution in [3.05, 3.63) is 48.0 Å². The molecule has 2 aromatic carbocycles. The van der Waals surface area contributed by atoms with Crippen LogP contribution >= 0.6 is 0 Å². The monoisotopic (exact) mass is 312 g/mol. The third-order valence-electron chi connectivity index (χ3n) is 2.85. The first-order valence-corrected chi connectivity index (χ1v) is 6.08. The van der Waals surface area contributed by atoms with E-state index in [2.05, 4.69) is 4.74 Å². The fraction of sp³-hybridized carbons (Fsp3) is 0.133. The number of hydrogen-bond acceptors (Lipinski definition) is 3. The molecule has 0 aromatic heterocycles. The van der Waals surface area contributed by atoms with Gasteiger partial charge in [0.25, 0.3) is 0 Å². The molecule has 0 saturated heterocycles. The molecule has 0 fully saturated rings. The Hall–Kier alpha value is -2.70. The molecule has 2 rings (SSSR count). The molecule has 0 bridgehead atoms. The quantitative estimate of drug-likeness (QED) is 0.928. The van der Waals surface area contributed by atoms with E-state index in [0.29, 0.717) is 5.56 Å². The molecule has 1 N–H and O–H groups in total. The van der Waals surface area contributed by atoms with Crippen LogP contribution in [0.4, 0.5) is 13.2 Å². The molecule has 22 heavy (non-hydrogen) atoms. The largest absolute Gasteiger partial charge is 0.573 e. The van der Waals surface area contributed by atoms with Gasteiger partial charge in [0, 0.05) is 11.1 Å². The zero-order chi connectivity index (χ0) is 16.3. The van der Waals surface area contributed by atoms with Gasteiger partial charge >= 0.3 is 12.3 Å². The Kier molecular flexibility index (Phi) is 4.25. The lowest BCUT2D eigenvalue weighted by Gasteiger charge is -2.15. The van der Waals surface area contributed by atoms with Gasteiger partial charge in [0.2, 0.25) is 0 Å². The molecular weight excluding hydrogens is 301 g/mol. The van der Waals surface area contributed by atoms with Gasteiger partial charge < -0.3 is 14.6 Å². The number of carboxylic acids is 1. The minimum atomic E-state index is -4.83. The lowest BCUT2D eigenvalue weighted by Crippen LogP contribution is -2.17. The van der Waals surface area contributed by atoms with Gasteiger partial charge in [-0.2, -0.15) is 0 Å². The number of carboxylic acid groups (broad SMARTS) is 1. The van der Waals surface area contributed by atoms with Crippen molar-refractivity contribution in [2.24, 2.45) is 0 Å². The van der Waals surface area contributed by atoms with E-state index in [1.54, 1.807) is 6.07 Å². The lowest BCUT2D eigenvalue weighted by atomic mass is 10.0. The van der Waals surface area contributed by atoms with E-state index in [4.69, 9.17) is 9.84 Å². The van der Waals surface area contributed by atoms with Crippen LogP contribution in [0.15, 0.2) is 42.5 Å². The minimum absolute atomic E-state index is 0.0326. The van der Waals surface area contributed by atoms with Crippen molar-refractivity contribution in [1.29, 1.82) is 0 Å². The molecule has 0 aliphatic carbocycles. The third kappa shape index (κ3) is 3.49. The Morgan fingerprint density at radius 3 is 2.27 bits per heavy atom. The summed E-state index contributed by atoms with van der Waals surface area (Å²) in [6.07, 6.45) is -4.83. The summed E-state index contributed by atoms with van der Waals surface area (Å²) in [5, 5.41) is 8.94. The zero-order valence-electron chi connectivity index (χ0n) is 11.3. The second-order valence-corrected chi connectivity index (χ2v) is 4.26. The molecule has 0 radical (unpaired) electrons. The predicted molar refractivity (Wildman–Crippen MR) is 72.1 cm³/mol. The number of benzene rings is 2. The summed E-state index contributed by atoms with van der Waals surface area (Å²) in [6, 6.07) is 9.45. The van der Waals surface area contributed by atoms with Gasteiger partial charge in [0.1, 0.15) is 11.5 Å². The first kappa shape index (κ1) is 15.7. The lowest BCUT2D eigenvalue weighted by molar-refractivity contribution is -0.274. The summed E-state index contributed by atoms with van der Waals surface area (Å²) in [5.41, 5.74) is 0.413. The molecule has 0 aliphatic heterocycles. The first-order valence-electron chi connectivity index (χ1n) is 6.08. The van der Waals surface area contributed by atoms with E-state index < -0.39 is 18.1 Å². The molecule has 0 saturated carbocycles. The summed E-state index contributed by atoms with van der Waals surface area (Å²) < 4.78 is 46.4. The maximum absolute atomic E-state index is 12.5. The highest BCUT2D eigenvalue weighted by molar-refractivity contribution is 5.90. The van der Waals surface area contributed by atoms with Crippen LogP contribution in [0.5, 0.6) is 11.5 Å². The van der Waals surface area contributed by atoms with Crippen molar-refractivity contribution < 1.29 is 32.5 Å². The van der Waals surface area contributed by atoms with Crippen LogP contribution in [0.1, 0.15) is 10.4 Å². The van der Waals surface area contributed by atoms with Crippen LogP contribution in [-0.2, 0) is 0 Å². The van der Waals surface area contributed by atoms with Crippen molar-refractivity contribution in [1.82, 2.24) is 0 Å². The van der Waals surface area contributed by atoms with E-state index in [9.17, 15) is 18.0 Å². The fourth-order valence-corrected chi connectivity index (χ4v) is 1.95. The summed E-state index contributed by atoms with van der Waals surface area (Å²) in [5.74, 6) is -1.42. The fourth-order valence-electron chi connectivity index (χ4n) is 1.95. The topological polar surface area (TPSA) is 55.8 Å². The van der Waals surface area contributed by atoms with Gasteiger partial charge in [-0.25, -0.2) is 4.79 Å². The number of aromatic carboxylic acids is 1. The van der Waals surface area contributed by atoms with Crippen LogP contribution in [0, 0.1) is 0 Å². The maximum atomic E-state index is 12.5. The molecule has 2 aromatic rings. The predicted octanol–water partition coefficient (Wildman–Crippen LogP) is 3.96. The molecule has 0 aliphatic rings. The molecular formula is C15H11F3O4. The van der Waals surface area contributed by atoms with Crippen molar-refractivity contribution in [2.75, 3.05) is 7.11 Å². The Bertz CT molecular complexity index is 695. The number of carbonyl (C=O) groups is 1. The number of halogens is 3. The third-order valence-corrected chi connectivity index (χ3v) is 2.85. The first-order chi connectivity index (χ1) is 10.3. The second kappa shape index (κ2) is 5.97. The molecule has 0 unspecified atom stereocenters. The number of alkyl halides is 3. The number of methoxy groups -OCH3 is 1. The van der Waals surface area contributed by atoms with Crippen LogP contribution in [-0.4, -0.2) is 24.5 Å². The van der Waals surface area contributed by atoms with Gasteiger partial charge in [-0.3, -0.25) is 0 Å². The number of hydrogen-bond donors (Lipinski definition) is 1. The second-order valence-electron chi connectivity index (χ2n) is 4.26. The summed E-state index contributed by atoms with van der Waals surface area (Å²) in [7, 11) is 1.30. The molecule has 0 heterocycles. The van der Waals surface area contributed by atoms with Crippen LogP contribution < -0.4 is 9.47 Å². The highest BCUT2D eigenvalue weighted by atomic mass is 19.4. The summed E-state index contributed by atoms with van der Waals surface area (Å²) in [6.45, 7) is 0. The van der Waals surface area contributed by atoms with E-state index in [0.717, 1.165) is 0 Å². The van der Waals surface area contributed by atoms with E-state index in [1.807, 2.05) is 0 Å². The van der Waals surface area contributed by atoms with Gasteiger partial charge in [-0.05, 0) is 24.3 Å². The average Bonchev–Trinajstić information content (AvgIpc) is 2.45. The summed E-state index contributed by atoms with van der Waals surface area (Å²) in [4.78, 5) is 10.9. The van der Waals surface area contributed by atoms with Crippen molar-refractivity contribution in [3.63, 3.8) is 0 Å². The van der Waals surface area contributed by atoms with Gasteiger partial charge in [-0.15, -0.1) is 13.2 Å². The number of rotatable bonds is 4. The van der Waals surface area contributed by atoms with Crippen LogP contribution in [0.3, 0.4) is 0 Å². The normalized spacial score (nSPS) is 11.1. The van der Waals surface area contributed by atoms with E-state index in [-0.39, 0.29) is 16.9 Å². The highest BCUT2D eigenvalue weighted by Crippen LogP contribution is 2.38. The molecule has 0 amide bonds. The number of ether oxygens (including phenoxy) is 2. The van der Waals surface area contributed by atoms with Crippen molar-refractivity contribution in [3.8, 4) is 22.6 Å². The van der Waals surface area contributed by atoms with E-state index >= 15 is 0 Å². The smallest absolute Gasteiger partial charge is 0.496 e. The van der Waals surface area contributed by atoms with Crippen LogP contribution in [0.25, 0.3) is 11.1 Å². The van der Waals surface area contributed by atoms with Gasteiger partial charge in [0.05, 0.1) is 12.7 Å². The molecule has 0 atom stereocenters. The molecule has 4 nitrogen and oxygen atoms in total. The Balaban J connectivity index is 2.55. The van der Waals surface area contributed by atoms with Gasteiger partial charge in [-0.1, -0.05) is 18.2 Å².